The topological polar surface area (TPSA) is 156 Å². The number of halogens is 3. The van der Waals surface area contributed by atoms with Crippen LogP contribution in [-0.2, 0) is 35.0 Å². The number of cyclic esters (lactones) is 2. The van der Waals surface area contributed by atoms with Crippen molar-refractivity contribution in [2.24, 2.45) is 11.8 Å². The molecular formula is C33H31Cl3N2O10. The molecule has 0 saturated carbocycles. The van der Waals surface area contributed by atoms with E-state index < -0.39 is 77.9 Å². The van der Waals surface area contributed by atoms with Crippen LogP contribution in [0.5, 0.6) is 11.5 Å². The minimum atomic E-state index is -1.54. The maximum absolute atomic E-state index is 13.6. The van der Waals surface area contributed by atoms with Crippen molar-refractivity contribution in [3.8, 4) is 11.5 Å². The number of amides is 1. The van der Waals surface area contributed by atoms with Crippen LogP contribution in [0.1, 0.15) is 47.2 Å². The molecule has 0 aliphatic carbocycles. The van der Waals surface area contributed by atoms with Crippen molar-refractivity contribution in [1.29, 1.82) is 0 Å². The van der Waals surface area contributed by atoms with Gasteiger partial charge in [0, 0.05) is 17.3 Å². The van der Waals surface area contributed by atoms with Gasteiger partial charge in [0.25, 0.3) is 5.91 Å². The number of pyridine rings is 1. The van der Waals surface area contributed by atoms with E-state index in [-0.39, 0.29) is 32.8 Å². The van der Waals surface area contributed by atoms with Crippen LogP contribution in [0.15, 0.2) is 54.7 Å². The molecule has 0 spiro atoms. The molecule has 2 heterocycles. The zero-order valence-corrected chi connectivity index (χ0v) is 28.4. The van der Waals surface area contributed by atoms with E-state index in [0.29, 0.717) is 0 Å². The van der Waals surface area contributed by atoms with Gasteiger partial charge >= 0.3 is 23.9 Å². The molecule has 12 nitrogen and oxygen atoms in total. The number of ether oxygens (including phenoxy) is 5. The number of hydrogen-bond donors (Lipinski definition) is 1. The first-order valence-corrected chi connectivity index (χ1v) is 15.8. The molecule has 2 aromatic carbocycles. The van der Waals surface area contributed by atoms with Gasteiger partial charge in [0.15, 0.2) is 23.6 Å². The van der Waals surface area contributed by atoms with Gasteiger partial charge in [0.1, 0.15) is 18.6 Å². The summed E-state index contributed by atoms with van der Waals surface area (Å²) in [5, 5.41) is 2.37. The number of nitrogens with one attached hydrogen (secondary N) is 1. The Labute approximate surface area is 290 Å². The summed E-state index contributed by atoms with van der Waals surface area (Å²) < 4.78 is 27.6. The van der Waals surface area contributed by atoms with Crippen LogP contribution in [0, 0.1) is 11.8 Å². The van der Waals surface area contributed by atoms with Crippen molar-refractivity contribution in [2.45, 2.75) is 45.4 Å². The second-order valence-corrected chi connectivity index (χ2v) is 12.2. The predicted molar refractivity (Wildman–Crippen MR) is 173 cm³/mol. The van der Waals surface area contributed by atoms with E-state index >= 15 is 0 Å². The normalized spacial score (nSPS) is 19.6. The molecule has 0 bridgehead atoms. The van der Waals surface area contributed by atoms with E-state index in [1.807, 2.05) is 6.07 Å². The first-order chi connectivity index (χ1) is 22.8. The van der Waals surface area contributed by atoms with Crippen molar-refractivity contribution in [3.05, 3.63) is 86.6 Å². The minimum absolute atomic E-state index is 0.0691. The van der Waals surface area contributed by atoms with Gasteiger partial charge in [-0.05, 0) is 31.0 Å². The fourth-order valence-electron chi connectivity index (χ4n) is 4.71. The lowest BCUT2D eigenvalue weighted by Crippen LogP contribution is -2.47. The number of hydrogen-bond acceptors (Lipinski definition) is 11. The first-order valence-electron chi connectivity index (χ1n) is 14.6. The SMILES string of the molecule is COc1ccnc(C(=O)N[C@H]2COC(=O)[C@H](Cc3ccccc3)[C@@H](OC(=O)C(C)C)[C@H](C)OC2=O)c1OC(=O)c1c(Cl)cc(Cl)cc1Cl. The number of aromatic nitrogens is 1. The number of rotatable bonds is 9. The fourth-order valence-corrected chi connectivity index (χ4v) is 5.68. The Hall–Kier alpha value is -4.39. The molecule has 4 atom stereocenters. The molecule has 15 heteroatoms. The third-order valence-corrected chi connectivity index (χ3v) is 7.99. The lowest BCUT2D eigenvalue weighted by atomic mass is 9.91. The van der Waals surface area contributed by atoms with E-state index in [9.17, 15) is 24.0 Å². The summed E-state index contributed by atoms with van der Waals surface area (Å²) in [5.74, 6) is -6.53. The third kappa shape index (κ3) is 8.74. The van der Waals surface area contributed by atoms with Crippen molar-refractivity contribution >= 4 is 64.6 Å². The number of benzene rings is 2. The maximum Gasteiger partial charge on any atom is 0.346 e. The average Bonchev–Trinajstić information content (AvgIpc) is 3.06. The lowest BCUT2D eigenvalue weighted by molar-refractivity contribution is -0.176. The monoisotopic (exact) mass is 720 g/mol. The second-order valence-electron chi connectivity index (χ2n) is 11.0. The quantitative estimate of drug-likeness (QED) is 0.227. The molecule has 4 rings (SSSR count). The van der Waals surface area contributed by atoms with E-state index in [1.165, 1.54) is 38.4 Å². The zero-order valence-electron chi connectivity index (χ0n) is 26.2. The standard InChI is InChI=1S/C33H31Cl3N2O10/c1-16(2)30(40)47-27-17(3)46-32(42)23(15-45-31(41)20(27)12-18-8-6-5-7-9-18)38-29(39)26-28(24(44-4)10-11-37-26)48-33(43)25-21(35)13-19(34)14-22(25)36/h5-11,13-14,16-17,20,23,27H,12,15H2,1-4H3,(H,38,39)/t17-,20+,23-,27-/m0/s1. The van der Waals surface area contributed by atoms with Gasteiger partial charge in [-0.1, -0.05) is 79.0 Å². The molecule has 1 N–H and O–H groups in total. The number of esters is 4. The summed E-state index contributed by atoms with van der Waals surface area (Å²) in [6.07, 6.45) is -1.01. The molecule has 1 fully saturated rings. The zero-order chi connectivity index (χ0) is 35.1. The van der Waals surface area contributed by atoms with Crippen LogP contribution >= 0.6 is 34.8 Å². The van der Waals surface area contributed by atoms with Gasteiger partial charge < -0.3 is 29.0 Å². The molecule has 0 unspecified atom stereocenters. The molecule has 1 amide bonds. The van der Waals surface area contributed by atoms with Crippen molar-refractivity contribution < 1.29 is 47.7 Å². The molecule has 254 valence electrons. The van der Waals surface area contributed by atoms with Crippen LogP contribution in [-0.4, -0.2) is 66.7 Å². The molecule has 48 heavy (non-hydrogen) atoms. The highest BCUT2D eigenvalue weighted by Gasteiger charge is 2.42. The smallest absolute Gasteiger partial charge is 0.346 e. The van der Waals surface area contributed by atoms with Gasteiger partial charge in [-0.15, -0.1) is 0 Å². The number of carbonyl (C=O) groups is 5. The van der Waals surface area contributed by atoms with Gasteiger partial charge in [-0.3, -0.25) is 14.4 Å². The molecule has 1 saturated heterocycles. The van der Waals surface area contributed by atoms with Crippen molar-refractivity contribution in [1.82, 2.24) is 10.3 Å². The summed E-state index contributed by atoms with van der Waals surface area (Å²) in [7, 11) is 1.27. The average molecular weight is 722 g/mol. The Balaban J connectivity index is 1.61. The minimum Gasteiger partial charge on any atom is -0.493 e. The van der Waals surface area contributed by atoms with Crippen LogP contribution < -0.4 is 14.8 Å². The Morgan fingerprint density at radius 1 is 1.02 bits per heavy atom. The molecule has 1 aromatic heterocycles. The predicted octanol–water partition coefficient (Wildman–Crippen LogP) is 5.28. The Morgan fingerprint density at radius 2 is 1.69 bits per heavy atom. The fraction of sp³-hybridized carbons (Fsp3) is 0.333. The Bertz CT molecular complexity index is 1680. The van der Waals surface area contributed by atoms with Gasteiger partial charge in [-0.2, -0.15) is 0 Å². The highest BCUT2D eigenvalue weighted by Crippen LogP contribution is 2.34. The van der Waals surface area contributed by atoms with Gasteiger partial charge in [0.2, 0.25) is 5.75 Å². The van der Waals surface area contributed by atoms with E-state index in [4.69, 9.17) is 58.5 Å². The first kappa shape index (κ1) is 36.4. The Morgan fingerprint density at radius 3 is 2.31 bits per heavy atom. The van der Waals surface area contributed by atoms with Crippen molar-refractivity contribution in [3.63, 3.8) is 0 Å². The summed E-state index contributed by atoms with van der Waals surface area (Å²) >= 11 is 18.3. The second kappa shape index (κ2) is 16.1. The number of methoxy groups -OCH3 is 1. The van der Waals surface area contributed by atoms with Crippen LogP contribution in [0.2, 0.25) is 15.1 Å². The highest BCUT2D eigenvalue weighted by molar-refractivity contribution is 6.42. The summed E-state index contributed by atoms with van der Waals surface area (Å²) in [5.41, 5.74) is 0.0418. The summed E-state index contributed by atoms with van der Waals surface area (Å²) in [6, 6.07) is 11.3. The van der Waals surface area contributed by atoms with Gasteiger partial charge in [0.05, 0.1) is 28.6 Å². The lowest BCUT2D eigenvalue weighted by Gasteiger charge is -2.29. The number of nitrogens with zero attached hydrogens (tertiary/aromatic N) is 1. The van der Waals surface area contributed by atoms with Crippen LogP contribution in [0.3, 0.4) is 0 Å². The van der Waals surface area contributed by atoms with Crippen molar-refractivity contribution in [2.75, 3.05) is 13.7 Å². The van der Waals surface area contributed by atoms with E-state index in [0.717, 1.165) is 5.56 Å². The largest absolute Gasteiger partial charge is 0.493 e. The molecule has 0 radical (unpaired) electrons. The van der Waals surface area contributed by atoms with Crippen LogP contribution in [0.25, 0.3) is 0 Å². The molecule has 3 aromatic rings. The van der Waals surface area contributed by atoms with E-state index in [2.05, 4.69) is 10.3 Å². The molecule has 1 aliphatic rings. The molecule has 1 aliphatic heterocycles. The summed E-state index contributed by atoms with van der Waals surface area (Å²) in [6.45, 7) is 4.09. The van der Waals surface area contributed by atoms with Gasteiger partial charge in [-0.25, -0.2) is 14.6 Å². The third-order valence-electron chi connectivity index (χ3n) is 7.18. The highest BCUT2D eigenvalue weighted by atomic mass is 35.5. The molecular weight excluding hydrogens is 691 g/mol. The van der Waals surface area contributed by atoms with E-state index in [1.54, 1.807) is 38.1 Å². The summed E-state index contributed by atoms with van der Waals surface area (Å²) in [4.78, 5) is 70.3. The maximum atomic E-state index is 13.6. The number of carbonyl (C=O) groups excluding carboxylic acids is 5. The van der Waals surface area contributed by atoms with Crippen LogP contribution in [0.4, 0.5) is 0 Å². The Kier molecular flexibility index (Phi) is 12.3.